The molecule has 2 aromatic heterocycles. The second kappa shape index (κ2) is 9.10. The molecular formula is C23H19F3N4O4S. The van der Waals surface area contributed by atoms with E-state index in [1.807, 2.05) is 0 Å². The van der Waals surface area contributed by atoms with E-state index in [0.29, 0.717) is 16.4 Å². The number of aromatic nitrogens is 3. The van der Waals surface area contributed by atoms with E-state index >= 15 is 0 Å². The fraction of sp³-hybridized carbons (Fsp3) is 0.217. The molecule has 12 heteroatoms. The van der Waals surface area contributed by atoms with Gasteiger partial charge in [-0.1, -0.05) is 30.0 Å². The molecule has 35 heavy (non-hydrogen) atoms. The van der Waals surface area contributed by atoms with Crippen LogP contribution in [0.15, 0.2) is 58.5 Å². The van der Waals surface area contributed by atoms with Crippen LogP contribution in [0.2, 0.25) is 0 Å². The van der Waals surface area contributed by atoms with Crippen LogP contribution in [-0.2, 0) is 9.59 Å². The molecule has 2 heterocycles. The highest BCUT2D eigenvalue weighted by molar-refractivity contribution is 8.01. The fourth-order valence-electron chi connectivity index (χ4n) is 3.49. The summed E-state index contributed by atoms with van der Waals surface area (Å²) in [5.41, 5.74) is 0.810. The first-order chi connectivity index (χ1) is 16.5. The lowest BCUT2D eigenvalue weighted by molar-refractivity contribution is -0.274. The van der Waals surface area contributed by atoms with E-state index in [4.69, 9.17) is 0 Å². The Bertz CT molecular complexity index is 1490. The molecule has 8 nitrogen and oxygen atoms in total. The molecule has 0 radical (unpaired) electrons. The number of benzene rings is 2. The maximum absolute atomic E-state index is 13.6. The summed E-state index contributed by atoms with van der Waals surface area (Å²) in [4.78, 5) is 47.4. The molecule has 0 spiro atoms. The van der Waals surface area contributed by atoms with E-state index in [1.165, 1.54) is 38.1 Å². The van der Waals surface area contributed by atoms with Gasteiger partial charge in [0.05, 0.1) is 5.69 Å². The number of ketones is 1. The molecule has 0 saturated heterocycles. The number of hydrogen-bond donors (Lipinski definition) is 1. The van der Waals surface area contributed by atoms with Gasteiger partial charge in [-0.05, 0) is 37.3 Å². The molecule has 182 valence electrons. The number of nitrogens with one attached hydrogen (secondary N) is 1. The van der Waals surface area contributed by atoms with E-state index in [2.05, 4.69) is 14.7 Å². The number of para-hydroxylation sites is 1. The minimum Gasteiger partial charge on any atom is -0.406 e. The van der Waals surface area contributed by atoms with E-state index in [0.717, 1.165) is 28.5 Å². The van der Waals surface area contributed by atoms with Gasteiger partial charge in [0.15, 0.2) is 10.9 Å². The summed E-state index contributed by atoms with van der Waals surface area (Å²) in [6, 6.07) is 11.8. The quantitative estimate of drug-likeness (QED) is 0.243. The van der Waals surface area contributed by atoms with E-state index < -0.39 is 34.6 Å². The van der Waals surface area contributed by atoms with Gasteiger partial charge in [0.2, 0.25) is 5.91 Å². The Morgan fingerprint density at radius 3 is 2.37 bits per heavy atom. The zero-order valence-corrected chi connectivity index (χ0v) is 19.5. The van der Waals surface area contributed by atoms with Crippen LogP contribution in [0.1, 0.15) is 6.92 Å². The summed E-state index contributed by atoms with van der Waals surface area (Å²) in [5.74, 6) is -1.40. The van der Waals surface area contributed by atoms with Crippen LogP contribution in [0.4, 0.5) is 13.2 Å². The molecule has 0 fully saturated rings. The second-order valence-electron chi connectivity index (χ2n) is 7.81. The lowest BCUT2D eigenvalue weighted by atomic mass is 10.2. The van der Waals surface area contributed by atoms with Gasteiger partial charge in [-0.2, -0.15) is 0 Å². The third-order valence-electron chi connectivity index (χ3n) is 5.08. The molecule has 0 aliphatic heterocycles. The Hall–Kier alpha value is -3.80. The highest BCUT2D eigenvalue weighted by Gasteiger charge is 2.32. The van der Waals surface area contributed by atoms with Crippen molar-refractivity contribution in [3.8, 4) is 11.4 Å². The number of alkyl halides is 3. The Kier molecular flexibility index (Phi) is 6.32. The number of halogens is 3. The maximum atomic E-state index is 13.6. The number of aromatic amines is 1. The molecule has 0 aliphatic carbocycles. The fourth-order valence-corrected chi connectivity index (χ4v) is 4.62. The largest absolute Gasteiger partial charge is 0.573 e. The summed E-state index contributed by atoms with van der Waals surface area (Å²) in [6.45, 7) is 1.26. The number of hydrogen-bond acceptors (Lipinski definition) is 6. The lowest BCUT2D eigenvalue weighted by Crippen LogP contribution is -2.36. The molecular weight excluding hydrogens is 485 g/mol. The molecule has 1 N–H and O–H groups in total. The highest BCUT2D eigenvalue weighted by atomic mass is 32.2. The Labute approximate surface area is 200 Å². The predicted molar refractivity (Wildman–Crippen MR) is 125 cm³/mol. The molecule has 0 aliphatic rings. The maximum Gasteiger partial charge on any atom is 0.573 e. The molecule has 1 amide bonds. The highest BCUT2D eigenvalue weighted by Crippen LogP contribution is 2.30. The normalized spacial score (nSPS) is 12.6. The summed E-state index contributed by atoms with van der Waals surface area (Å²) in [5, 5.41) is -0.480. The van der Waals surface area contributed by atoms with Crippen molar-refractivity contribution in [1.29, 1.82) is 0 Å². The summed E-state index contributed by atoms with van der Waals surface area (Å²) >= 11 is 0.796. The van der Waals surface area contributed by atoms with E-state index in [1.54, 1.807) is 24.3 Å². The Morgan fingerprint density at radius 1 is 1.11 bits per heavy atom. The molecule has 1 atom stereocenters. The zero-order chi connectivity index (χ0) is 25.5. The third-order valence-corrected chi connectivity index (χ3v) is 6.33. The summed E-state index contributed by atoms with van der Waals surface area (Å²) in [7, 11) is 3.00. The van der Waals surface area contributed by atoms with Gasteiger partial charge in [0.25, 0.3) is 5.56 Å². The topological polar surface area (TPSA) is 97.3 Å². The average Bonchev–Trinajstić information content (AvgIpc) is 3.16. The van der Waals surface area contributed by atoms with E-state index in [-0.39, 0.29) is 16.4 Å². The Morgan fingerprint density at radius 2 is 1.77 bits per heavy atom. The summed E-state index contributed by atoms with van der Waals surface area (Å²) in [6.07, 6.45) is -4.87. The number of carbonyl (C=O) groups excluding carboxylic acids is 2. The first kappa shape index (κ1) is 24.3. The number of rotatable bonds is 6. The van der Waals surface area contributed by atoms with Crippen molar-refractivity contribution in [1.82, 2.24) is 19.4 Å². The van der Waals surface area contributed by atoms with Crippen LogP contribution >= 0.6 is 11.8 Å². The van der Waals surface area contributed by atoms with Gasteiger partial charge < -0.3 is 14.6 Å². The molecule has 0 saturated carbocycles. The van der Waals surface area contributed by atoms with Crippen molar-refractivity contribution in [3.05, 3.63) is 58.9 Å². The third kappa shape index (κ3) is 4.87. The van der Waals surface area contributed by atoms with Gasteiger partial charge in [0, 0.05) is 25.0 Å². The molecule has 0 bridgehead atoms. The van der Waals surface area contributed by atoms with Crippen molar-refractivity contribution in [2.45, 2.75) is 23.7 Å². The van der Waals surface area contributed by atoms with Gasteiger partial charge in [-0.15, -0.1) is 13.2 Å². The van der Waals surface area contributed by atoms with Gasteiger partial charge in [0.1, 0.15) is 22.0 Å². The number of thioether (sulfide) groups is 1. The molecule has 4 rings (SSSR count). The predicted octanol–water partition coefficient (Wildman–Crippen LogP) is 3.90. The first-order valence-electron chi connectivity index (χ1n) is 10.2. The van der Waals surface area contributed by atoms with Gasteiger partial charge in [-0.25, -0.2) is 4.98 Å². The Balaban J connectivity index is 1.93. The van der Waals surface area contributed by atoms with Crippen LogP contribution in [0.3, 0.4) is 0 Å². The van der Waals surface area contributed by atoms with Crippen molar-refractivity contribution in [2.75, 3.05) is 14.1 Å². The smallest absolute Gasteiger partial charge is 0.406 e. The van der Waals surface area contributed by atoms with Crippen molar-refractivity contribution < 1.29 is 27.5 Å². The first-order valence-corrected chi connectivity index (χ1v) is 11.1. The van der Waals surface area contributed by atoms with Gasteiger partial charge >= 0.3 is 6.36 Å². The number of carbonyl (C=O) groups is 2. The van der Waals surface area contributed by atoms with Crippen LogP contribution in [0, 0.1) is 0 Å². The number of nitrogens with zero attached hydrogens (tertiary/aromatic N) is 3. The van der Waals surface area contributed by atoms with E-state index in [9.17, 15) is 27.6 Å². The van der Waals surface area contributed by atoms with Crippen molar-refractivity contribution in [2.24, 2.45) is 0 Å². The standard InChI is InChI=1S/C23H19F3N4O4S/c1-12(31)19(21(33)29(2)3)35-22-28-17-15-6-4-5-7-16(15)27-18(17)20(32)30(22)13-8-10-14(11-9-13)34-23(24,25)26/h4-11,19,27H,1-3H3. The van der Waals surface area contributed by atoms with Crippen molar-refractivity contribution in [3.63, 3.8) is 0 Å². The van der Waals surface area contributed by atoms with Crippen LogP contribution in [0.5, 0.6) is 5.75 Å². The van der Waals surface area contributed by atoms with Crippen LogP contribution in [-0.4, -0.2) is 56.8 Å². The van der Waals surface area contributed by atoms with Crippen LogP contribution in [0.25, 0.3) is 27.6 Å². The monoisotopic (exact) mass is 504 g/mol. The van der Waals surface area contributed by atoms with Gasteiger partial charge in [-0.3, -0.25) is 19.0 Å². The van der Waals surface area contributed by atoms with Crippen LogP contribution < -0.4 is 10.3 Å². The average molecular weight is 504 g/mol. The molecule has 2 aromatic carbocycles. The molecule has 1 unspecified atom stereocenters. The summed E-state index contributed by atoms with van der Waals surface area (Å²) < 4.78 is 42.8. The van der Waals surface area contributed by atoms with Crippen molar-refractivity contribution >= 4 is 45.4 Å². The molecule has 4 aromatic rings. The number of amides is 1. The minimum atomic E-state index is -4.87. The zero-order valence-electron chi connectivity index (χ0n) is 18.7. The number of ether oxygens (including phenoxy) is 1. The lowest BCUT2D eigenvalue weighted by Gasteiger charge is -2.19. The number of fused-ring (bicyclic) bond motifs is 3. The second-order valence-corrected chi connectivity index (χ2v) is 8.88. The minimum absolute atomic E-state index is 0.0344. The number of H-pyrrole nitrogens is 1. The number of Topliss-reactive ketones (excluding diaryl/α,β-unsaturated/α-hetero) is 1. The SMILES string of the molecule is CC(=O)C(Sc1nc2c([nH]c3ccccc32)c(=O)n1-c1ccc(OC(F)(F)F)cc1)C(=O)N(C)C.